The first-order valence-electron chi connectivity index (χ1n) is 8.24. The van der Waals surface area contributed by atoms with Crippen LogP contribution in [0.2, 0.25) is 0 Å². The van der Waals surface area contributed by atoms with E-state index < -0.39 is 6.04 Å². The molecule has 0 aliphatic rings. The molecule has 3 rings (SSSR count). The van der Waals surface area contributed by atoms with Crippen LogP contribution in [0.1, 0.15) is 21.6 Å². The molecule has 1 heterocycles. The van der Waals surface area contributed by atoms with Crippen LogP contribution in [0.3, 0.4) is 0 Å². The fraction of sp³-hybridized carbons (Fsp3) is 0.150. The summed E-state index contributed by atoms with van der Waals surface area (Å²) in [6.45, 7) is 1.87. The van der Waals surface area contributed by atoms with Gasteiger partial charge in [-0.15, -0.1) is 11.3 Å². The van der Waals surface area contributed by atoms with Crippen molar-refractivity contribution in [3.05, 3.63) is 82.9 Å². The molecule has 26 heavy (non-hydrogen) atoms. The first-order chi connectivity index (χ1) is 12.6. The standard InChI is InChI=1S/C20H19N3O2S/c1-14-13-26-20(21-14)23-19(25)17(12-15-8-4-2-5-9-15)22-18(24)16-10-6-3-7-11-16/h2-11,13,17H,12H2,1H3,(H,22,24)(H,21,23,25). The number of aromatic nitrogens is 1. The van der Waals surface area contributed by atoms with Crippen molar-refractivity contribution in [3.8, 4) is 0 Å². The van der Waals surface area contributed by atoms with E-state index in [1.807, 2.05) is 48.7 Å². The first-order valence-corrected chi connectivity index (χ1v) is 9.12. The van der Waals surface area contributed by atoms with Gasteiger partial charge in [-0.25, -0.2) is 4.98 Å². The first kappa shape index (κ1) is 17.8. The molecule has 1 aromatic heterocycles. The lowest BCUT2D eigenvalue weighted by Crippen LogP contribution is -2.45. The van der Waals surface area contributed by atoms with Crippen LogP contribution in [0.4, 0.5) is 5.13 Å². The largest absolute Gasteiger partial charge is 0.340 e. The number of aryl methyl sites for hydroxylation is 1. The second-order valence-corrected chi connectivity index (χ2v) is 6.72. The van der Waals surface area contributed by atoms with Gasteiger partial charge in [0.1, 0.15) is 6.04 Å². The van der Waals surface area contributed by atoms with Gasteiger partial charge < -0.3 is 10.6 Å². The number of rotatable bonds is 6. The van der Waals surface area contributed by atoms with Gasteiger partial charge in [-0.3, -0.25) is 9.59 Å². The number of carbonyl (C=O) groups excluding carboxylic acids is 2. The molecule has 1 atom stereocenters. The third kappa shape index (κ3) is 4.77. The molecule has 2 N–H and O–H groups in total. The number of thiazole rings is 1. The smallest absolute Gasteiger partial charge is 0.251 e. The van der Waals surface area contributed by atoms with E-state index in [0.29, 0.717) is 17.1 Å². The van der Waals surface area contributed by atoms with E-state index in [2.05, 4.69) is 15.6 Å². The van der Waals surface area contributed by atoms with Gasteiger partial charge in [-0.05, 0) is 24.6 Å². The second-order valence-electron chi connectivity index (χ2n) is 5.87. The lowest BCUT2D eigenvalue weighted by atomic mass is 10.0. The van der Waals surface area contributed by atoms with Gasteiger partial charge in [-0.1, -0.05) is 48.5 Å². The summed E-state index contributed by atoms with van der Waals surface area (Å²) in [6.07, 6.45) is 0.398. The molecule has 0 fully saturated rings. The van der Waals surface area contributed by atoms with Crippen molar-refractivity contribution >= 4 is 28.3 Å². The van der Waals surface area contributed by atoms with Crippen molar-refractivity contribution in [2.75, 3.05) is 5.32 Å². The number of nitrogens with zero attached hydrogens (tertiary/aromatic N) is 1. The van der Waals surface area contributed by atoms with Crippen LogP contribution in [0.5, 0.6) is 0 Å². The van der Waals surface area contributed by atoms with Crippen molar-refractivity contribution in [3.63, 3.8) is 0 Å². The number of hydrogen-bond acceptors (Lipinski definition) is 4. The zero-order valence-electron chi connectivity index (χ0n) is 14.3. The fourth-order valence-corrected chi connectivity index (χ4v) is 3.19. The molecule has 0 bridgehead atoms. The molecule has 0 saturated heterocycles. The summed E-state index contributed by atoms with van der Waals surface area (Å²) in [6, 6.07) is 17.8. The molecule has 0 aliphatic heterocycles. The number of amides is 2. The van der Waals surface area contributed by atoms with Gasteiger partial charge in [0.15, 0.2) is 5.13 Å². The molecule has 6 heteroatoms. The number of carbonyl (C=O) groups is 2. The molecule has 2 amide bonds. The quantitative estimate of drug-likeness (QED) is 0.703. The highest BCUT2D eigenvalue weighted by Gasteiger charge is 2.22. The molecule has 0 radical (unpaired) electrons. The fourth-order valence-electron chi connectivity index (χ4n) is 2.49. The molecular formula is C20H19N3O2S. The second kappa shape index (κ2) is 8.40. The number of anilines is 1. The lowest BCUT2D eigenvalue weighted by Gasteiger charge is -2.18. The van der Waals surface area contributed by atoms with Gasteiger partial charge in [0, 0.05) is 17.4 Å². The maximum absolute atomic E-state index is 12.7. The maximum Gasteiger partial charge on any atom is 0.251 e. The van der Waals surface area contributed by atoms with Gasteiger partial charge in [0.05, 0.1) is 5.69 Å². The highest BCUT2D eigenvalue weighted by molar-refractivity contribution is 7.13. The van der Waals surface area contributed by atoms with Gasteiger partial charge in [0.25, 0.3) is 5.91 Å². The Morgan fingerprint density at radius 3 is 2.31 bits per heavy atom. The number of nitrogens with one attached hydrogen (secondary N) is 2. The third-order valence-corrected chi connectivity index (χ3v) is 4.67. The van der Waals surface area contributed by atoms with E-state index in [9.17, 15) is 9.59 Å². The van der Waals surface area contributed by atoms with Crippen molar-refractivity contribution in [1.82, 2.24) is 10.3 Å². The summed E-state index contributed by atoms with van der Waals surface area (Å²) < 4.78 is 0. The average molecular weight is 365 g/mol. The normalized spacial score (nSPS) is 11.6. The summed E-state index contributed by atoms with van der Waals surface area (Å²) >= 11 is 1.36. The van der Waals surface area contributed by atoms with E-state index in [1.165, 1.54) is 11.3 Å². The Labute approximate surface area is 156 Å². The van der Waals surface area contributed by atoms with Crippen LogP contribution in [-0.4, -0.2) is 22.8 Å². The Balaban J connectivity index is 1.76. The molecular weight excluding hydrogens is 346 g/mol. The van der Waals surface area contributed by atoms with Gasteiger partial charge in [0.2, 0.25) is 5.91 Å². The molecule has 0 spiro atoms. The van der Waals surface area contributed by atoms with Crippen LogP contribution in [-0.2, 0) is 11.2 Å². The zero-order valence-corrected chi connectivity index (χ0v) is 15.1. The Bertz CT molecular complexity index is 878. The predicted octanol–water partition coefficient (Wildman–Crippen LogP) is 3.43. The minimum Gasteiger partial charge on any atom is -0.340 e. The monoisotopic (exact) mass is 365 g/mol. The number of hydrogen-bond donors (Lipinski definition) is 2. The van der Waals surface area contributed by atoms with Crippen LogP contribution in [0.25, 0.3) is 0 Å². The summed E-state index contributed by atoms with van der Waals surface area (Å²) in [4.78, 5) is 29.5. The average Bonchev–Trinajstić information content (AvgIpc) is 3.07. The molecule has 1 unspecified atom stereocenters. The van der Waals surface area contributed by atoms with Gasteiger partial charge >= 0.3 is 0 Å². The lowest BCUT2D eigenvalue weighted by molar-refractivity contribution is -0.118. The minimum absolute atomic E-state index is 0.281. The van der Waals surface area contributed by atoms with Crippen LogP contribution >= 0.6 is 11.3 Å². The topological polar surface area (TPSA) is 71.1 Å². The summed E-state index contributed by atoms with van der Waals surface area (Å²) in [5.41, 5.74) is 2.33. The molecule has 0 aliphatic carbocycles. The Morgan fingerprint density at radius 2 is 1.69 bits per heavy atom. The Kier molecular flexibility index (Phi) is 5.76. The highest BCUT2D eigenvalue weighted by Crippen LogP contribution is 2.15. The van der Waals surface area contributed by atoms with E-state index in [0.717, 1.165) is 11.3 Å². The molecule has 5 nitrogen and oxygen atoms in total. The van der Waals surface area contributed by atoms with Crippen LogP contribution in [0, 0.1) is 6.92 Å². The Hall–Kier alpha value is -2.99. The molecule has 3 aromatic rings. The van der Waals surface area contributed by atoms with Crippen molar-refractivity contribution in [2.45, 2.75) is 19.4 Å². The van der Waals surface area contributed by atoms with E-state index >= 15 is 0 Å². The summed E-state index contributed by atoms with van der Waals surface area (Å²) in [5.74, 6) is -0.565. The van der Waals surface area contributed by atoms with Crippen LogP contribution < -0.4 is 10.6 Å². The van der Waals surface area contributed by atoms with Gasteiger partial charge in [-0.2, -0.15) is 0 Å². The third-order valence-electron chi connectivity index (χ3n) is 3.79. The predicted molar refractivity (Wildman–Crippen MR) is 103 cm³/mol. The highest BCUT2D eigenvalue weighted by atomic mass is 32.1. The zero-order chi connectivity index (χ0) is 18.4. The van der Waals surface area contributed by atoms with Crippen molar-refractivity contribution in [1.29, 1.82) is 0 Å². The van der Waals surface area contributed by atoms with E-state index in [4.69, 9.17) is 0 Å². The van der Waals surface area contributed by atoms with Crippen molar-refractivity contribution < 1.29 is 9.59 Å². The summed E-state index contributed by atoms with van der Waals surface area (Å²) in [7, 11) is 0. The molecule has 0 saturated carbocycles. The molecule has 132 valence electrons. The minimum atomic E-state index is -0.700. The van der Waals surface area contributed by atoms with Crippen LogP contribution in [0.15, 0.2) is 66.0 Å². The number of benzene rings is 2. The molecule has 2 aromatic carbocycles. The summed E-state index contributed by atoms with van der Waals surface area (Å²) in [5, 5.41) is 8.02. The van der Waals surface area contributed by atoms with E-state index in [-0.39, 0.29) is 11.8 Å². The van der Waals surface area contributed by atoms with E-state index in [1.54, 1.807) is 24.3 Å². The van der Waals surface area contributed by atoms with Crippen molar-refractivity contribution in [2.24, 2.45) is 0 Å². The SMILES string of the molecule is Cc1csc(NC(=O)C(Cc2ccccc2)NC(=O)c2ccccc2)n1. The maximum atomic E-state index is 12.7. The Morgan fingerprint density at radius 1 is 1.04 bits per heavy atom.